The second-order valence-corrected chi connectivity index (χ2v) is 6.31. The highest BCUT2D eigenvalue weighted by Crippen LogP contribution is 2.32. The summed E-state index contributed by atoms with van der Waals surface area (Å²) in [6.07, 6.45) is -4.53. The minimum Gasteiger partial charge on any atom is -0.298 e. The summed E-state index contributed by atoms with van der Waals surface area (Å²) in [5.41, 5.74) is 0.933. The fourth-order valence-corrected chi connectivity index (χ4v) is 3.08. The number of anilines is 1. The summed E-state index contributed by atoms with van der Waals surface area (Å²) in [5, 5.41) is 3.70. The van der Waals surface area contributed by atoms with Crippen molar-refractivity contribution >= 4 is 34.0 Å². The highest BCUT2D eigenvalue weighted by molar-refractivity contribution is 7.14. The lowest BCUT2D eigenvalue weighted by molar-refractivity contribution is -0.140. The third-order valence-electron chi connectivity index (χ3n) is 3.35. The number of carbonyl (C=O) groups excluding carboxylic acids is 1. The molecule has 0 saturated carbocycles. The number of nitrogens with zero attached hydrogens (tertiary/aromatic N) is 1. The Kier molecular flexibility index (Phi) is 4.78. The van der Waals surface area contributed by atoms with E-state index in [4.69, 9.17) is 11.6 Å². The smallest absolute Gasteiger partial charge is 0.298 e. The molecule has 25 heavy (non-hydrogen) atoms. The van der Waals surface area contributed by atoms with E-state index in [1.807, 2.05) is 18.2 Å². The van der Waals surface area contributed by atoms with Crippen molar-refractivity contribution in [1.82, 2.24) is 4.98 Å². The van der Waals surface area contributed by atoms with Crippen LogP contribution in [-0.2, 0) is 6.18 Å². The van der Waals surface area contributed by atoms with Crippen molar-refractivity contribution < 1.29 is 18.0 Å². The van der Waals surface area contributed by atoms with Crippen molar-refractivity contribution in [3.8, 4) is 11.1 Å². The van der Waals surface area contributed by atoms with Crippen LogP contribution in [-0.4, -0.2) is 10.9 Å². The van der Waals surface area contributed by atoms with Gasteiger partial charge in [-0.2, -0.15) is 13.2 Å². The van der Waals surface area contributed by atoms with Crippen molar-refractivity contribution in [3.63, 3.8) is 0 Å². The van der Waals surface area contributed by atoms with Gasteiger partial charge in [0.2, 0.25) is 0 Å². The molecule has 2 aromatic carbocycles. The molecule has 3 rings (SSSR count). The van der Waals surface area contributed by atoms with Gasteiger partial charge < -0.3 is 0 Å². The van der Waals surface area contributed by atoms with E-state index >= 15 is 0 Å². The maximum atomic E-state index is 12.5. The average Bonchev–Trinajstić information content (AvgIpc) is 3.04. The zero-order valence-corrected chi connectivity index (χ0v) is 14.0. The highest BCUT2D eigenvalue weighted by atomic mass is 35.5. The Morgan fingerprint density at radius 1 is 1.08 bits per heavy atom. The molecule has 0 aliphatic heterocycles. The first-order valence-corrected chi connectivity index (χ1v) is 8.29. The number of nitrogens with one attached hydrogen (secondary N) is 1. The van der Waals surface area contributed by atoms with Crippen LogP contribution in [0.3, 0.4) is 0 Å². The Morgan fingerprint density at radius 2 is 1.76 bits per heavy atom. The second-order valence-electron chi connectivity index (χ2n) is 5.05. The summed E-state index contributed by atoms with van der Waals surface area (Å²) in [6.45, 7) is 0. The molecule has 1 N–H and O–H groups in total. The molecule has 0 bridgehead atoms. The minimum absolute atomic E-state index is 0.104. The van der Waals surface area contributed by atoms with Gasteiger partial charge in [0.05, 0.1) is 0 Å². The molecule has 0 atom stereocenters. The number of rotatable bonds is 3. The second kappa shape index (κ2) is 6.85. The molecule has 0 spiro atoms. The van der Waals surface area contributed by atoms with Crippen molar-refractivity contribution in [1.29, 1.82) is 0 Å². The van der Waals surface area contributed by atoms with Gasteiger partial charge in [-0.1, -0.05) is 41.9 Å². The molecule has 128 valence electrons. The van der Waals surface area contributed by atoms with Gasteiger partial charge in [-0.05, 0) is 23.8 Å². The Bertz CT molecular complexity index is 907. The summed E-state index contributed by atoms with van der Waals surface area (Å²) in [5.74, 6) is -0.534. The fraction of sp³-hybridized carbons (Fsp3) is 0.0588. The van der Waals surface area contributed by atoms with Gasteiger partial charge in [0.25, 0.3) is 5.91 Å². The number of halogens is 4. The van der Waals surface area contributed by atoms with Gasteiger partial charge >= 0.3 is 6.18 Å². The standard InChI is InChI=1S/C17H10ClF3N2OS/c18-13-4-2-1-3-12(13)10-5-7-11(8-6-10)15(24)23-16-22-14(9-25-16)17(19,20)21/h1-9H,(H,22,23,24). The first-order chi connectivity index (χ1) is 11.8. The number of carbonyl (C=O) groups is 1. The predicted molar refractivity (Wildman–Crippen MR) is 92.0 cm³/mol. The Morgan fingerprint density at radius 3 is 2.36 bits per heavy atom. The van der Waals surface area contributed by atoms with E-state index in [1.54, 1.807) is 30.3 Å². The van der Waals surface area contributed by atoms with Crippen molar-refractivity contribution in [2.75, 3.05) is 5.32 Å². The van der Waals surface area contributed by atoms with Crippen molar-refractivity contribution in [2.45, 2.75) is 6.18 Å². The lowest BCUT2D eigenvalue weighted by Gasteiger charge is -2.06. The summed E-state index contributed by atoms with van der Waals surface area (Å²) in [6, 6.07) is 13.9. The Labute approximate surface area is 150 Å². The molecule has 0 unspecified atom stereocenters. The van der Waals surface area contributed by atoms with E-state index in [0.29, 0.717) is 10.6 Å². The first kappa shape index (κ1) is 17.4. The van der Waals surface area contributed by atoms with Crippen LogP contribution in [0.1, 0.15) is 16.1 Å². The molecule has 1 heterocycles. The number of benzene rings is 2. The van der Waals surface area contributed by atoms with Gasteiger partial charge in [0, 0.05) is 21.5 Å². The molecule has 0 saturated heterocycles. The van der Waals surface area contributed by atoms with E-state index in [2.05, 4.69) is 10.3 Å². The van der Waals surface area contributed by atoms with Gasteiger partial charge in [0.1, 0.15) is 0 Å². The molecular weight excluding hydrogens is 373 g/mol. The SMILES string of the molecule is O=C(Nc1nc(C(F)(F)F)cs1)c1ccc(-c2ccccc2Cl)cc1. The maximum absolute atomic E-state index is 12.5. The molecule has 1 amide bonds. The van der Waals surface area contributed by atoms with Crippen LogP contribution in [0.2, 0.25) is 5.02 Å². The van der Waals surface area contributed by atoms with Crippen LogP contribution in [0.4, 0.5) is 18.3 Å². The highest BCUT2D eigenvalue weighted by Gasteiger charge is 2.33. The summed E-state index contributed by atoms with van der Waals surface area (Å²) in [7, 11) is 0. The third kappa shape index (κ3) is 4.00. The van der Waals surface area contributed by atoms with E-state index in [-0.39, 0.29) is 5.13 Å². The lowest BCUT2D eigenvalue weighted by atomic mass is 10.0. The number of aromatic nitrogens is 1. The third-order valence-corrected chi connectivity index (χ3v) is 4.43. The van der Waals surface area contributed by atoms with Crippen LogP contribution in [0.5, 0.6) is 0 Å². The van der Waals surface area contributed by atoms with Gasteiger partial charge in [-0.25, -0.2) is 4.98 Å². The van der Waals surface area contributed by atoms with Gasteiger partial charge in [-0.15, -0.1) is 11.3 Å². The van der Waals surface area contributed by atoms with E-state index in [9.17, 15) is 18.0 Å². The van der Waals surface area contributed by atoms with Crippen LogP contribution in [0, 0.1) is 0 Å². The largest absolute Gasteiger partial charge is 0.434 e. The summed E-state index contributed by atoms with van der Waals surface area (Å²) >= 11 is 6.85. The monoisotopic (exact) mass is 382 g/mol. The van der Waals surface area contributed by atoms with E-state index < -0.39 is 17.8 Å². The van der Waals surface area contributed by atoms with Crippen molar-refractivity contribution in [3.05, 3.63) is 70.2 Å². The van der Waals surface area contributed by atoms with Crippen LogP contribution in [0.15, 0.2) is 53.9 Å². The lowest BCUT2D eigenvalue weighted by Crippen LogP contribution is -2.12. The van der Waals surface area contributed by atoms with Crippen LogP contribution in [0.25, 0.3) is 11.1 Å². The quantitative estimate of drug-likeness (QED) is 0.628. The van der Waals surface area contributed by atoms with Gasteiger partial charge in [0.15, 0.2) is 10.8 Å². The Balaban J connectivity index is 1.75. The molecular formula is C17H10ClF3N2OS. The molecule has 3 nitrogen and oxygen atoms in total. The number of hydrogen-bond acceptors (Lipinski definition) is 3. The molecule has 0 aliphatic rings. The van der Waals surface area contributed by atoms with Crippen LogP contribution < -0.4 is 5.32 Å². The number of amides is 1. The van der Waals surface area contributed by atoms with Crippen LogP contribution >= 0.6 is 22.9 Å². The Hall–Kier alpha value is -2.38. The summed E-state index contributed by atoms with van der Waals surface area (Å²) in [4.78, 5) is 15.5. The van der Waals surface area contributed by atoms with E-state index in [1.165, 1.54) is 0 Å². The molecule has 0 radical (unpaired) electrons. The predicted octanol–water partition coefficient (Wildman–Crippen LogP) is 5.73. The van der Waals surface area contributed by atoms with Crippen molar-refractivity contribution in [2.24, 2.45) is 0 Å². The number of thiazole rings is 1. The maximum Gasteiger partial charge on any atom is 0.434 e. The minimum atomic E-state index is -4.53. The summed E-state index contributed by atoms with van der Waals surface area (Å²) < 4.78 is 37.6. The molecule has 3 aromatic rings. The molecule has 0 aliphatic carbocycles. The molecule has 8 heteroatoms. The average molecular weight is 383 g/mol. The number of alkyl halides is 3. The zero-order valence-electron chi connectivity index (χ0n) is 12.5. The first-order valence-electron chi connectivity index (χ1n) is 7.03. The topological polar surface area (TPSA) is 42.0 Å². The van der Waals surface area contributed by atoms with E-state index in [0.717, 1.165) is 27.8 Å². The zero-order chi connectivity index (χ0) is 18.0. The number of hydrogen-bond donors (Lipinski definition) is 1. The fourth-order valence-electron chi connectivity index (χ4n) is 2.13. The normalized spacial score (nSPS) is 11.4. The molecule has 0 fully saturated rings. The molecule has 1 aromatic heterocycles. The van der Waals surface area contributed by atoms with Gasteiger partial charge in [-0.3, -0.25) is 10.1 Å².